The summed E-state index contributed by atoms with van der Waals surface area (Å²) in [6.07, 6.45) is 0. The van der Waals surface area contributed by atoms with Crippen molar-refractivity contribution in [2.45, 2.75) is 26.8 Å². The average Bonchev–Trinajstić information content (AvgIpc) is 2.27. The molecule has 18 heavy (non-hydrogen) atoms. The number of rotatable bonds is 5. The van der Waals surface area contributed by atoms with Crippen molar-refractivity contribution in [3.8, 4) is 0 Å². The van der Waals surface area contributed by atoms with Crippen molar-refractivity contribution < 1.29 is 9.90 Å². The lowest BCUT2D eigenvalue weighted by Crippen LogP contribution is -2.38. The van der Waals surface area contributed by atoms with Gasteiger partial charge in [-0.05, 0) is 45.5 Å². The van der Waals surface area contributed by atoms with E-state index in [1.807, 2.05) is 43.1 Å². The van der Waals surface area contributed by atoms with Crippen molar-refractivity contribution >= 4 is 17.6 Å². The summed E-state index contributed by atoms with van der Waals surface area (Å²) in [4.78, 5) is 13.1. The SMILES string of the molecule is CC(c1cccc(Cl)c1)N(C)CC(C)(C)C(=O)O. The molecule has 0 heterocycles. The molecule has 0 aromatic heterocycles. The fourth-order valence-corrected chi connectivity index (χ4v) is 2.05. The number of nitrogens with zero attached hydrogens (tertiary/aromatic N) is 1. The van der Waals surface area contributed by atoms with Gasteiger partial charge in [0.15, 0.2) is 0 Å². The normalized spacial score (nSPS) is 13.7. The molecule has 1 N–H and O–H groups in total. The Hall–Kier alpha value is -1.06. The van der Waals surface area contributed by atoms with Crippen molar-refractivity contribution in [3.63, 3.8) is 0 Å². The van der Waals surface area contributed by atoms with Crippen LogP contribution in [0, 0.1) is 5.41 Å². The quantitative estimate of drug-likeness (QED) is 0.890. The second-order valence-electron chi connectivity index (χ2n) is 5.34. The molecule has 4 heteroatoms. The Kier molecular flexibility index (Phi) is 4.77. The standard InChI is InChI=1S/C14H20ClNO2/c1-10(11-6-5-7-12(15)8-11)16(4)9-14(2,3)13(17)18/h5-8,10H,9H2,1-4H3,(H,17,18). The first-order valence-electron chi connectivity index (χ1n) is 5.93. The molecule has 0 amide bonds. The zero-order valence-electron chi connectivity index (χ0n) is 11.3. The van der Waals surface area contributed by atoms with Gasteiger partial charge < -0.3 is 5.11 Å². The topological polar surface area (TPSA) is 40.5 Å². The molecular weight excluding hydrogens is 250 g/mol. The molecule has 0 radical (unpaired) electrons. The van der Waals surface area contributed by atoms with Crippen LogP contribution >= 0.6 is 11.6 Å². The number of halogens is 1. The number of hydrogen-bond donors (Lipinski definition) is 1. The van der Waals surface area contributed by atoms with Crippen LogP contribution in [0.5, 0.6) is 0 Å². The van der Waals surface area contributed by atoms with Crippen LogP contribution in [0.1, 0.15) is 32.4 Å². The smallest absolute Gasteiger partial charge is 0.310 e. The predicted octanol–water partition coefficient (Wildman–Crippen LogP) is 3.44. The van der Waals surface area contributed by atoms with Gasteiger partial charge in [0, 0.05) is 17.6 Å². The number of carboxylic acids is 1. The van der Waals surface area contributed by atoms with Gasteiger partial charge in [-0.15, -0.1) is 0 Å². The van der Waals surface area contributed by atoms with Gasteiger partial charge in [-0.1, -0.05) is 23.7 Å². The van der Waals surface area contributed by atoms with Crippen LogP contribution in [-0.2, 0) is 4.79 Å². The Labute approximate surface area is 113 Å². The summed E-state index contributed by atoms with van der Waals surface area (Å²) in [5.41, 5.74) is 0.327. The van der Waals surface area contributed by atoms with Gasteiger partial charge in [-0.3, -0.25) is 9.69 Å². The molecule has 0 saturated heterocycles. The molecule has 0 fully saturated rings. The Bertz CT molecular complexity index is 432. The molecule has 1 atom stereocenters. The first kappa shape index (κ1) is 15.0. The highest BCUT2D eigenvalue weighted by atomic mass is 35.5. The molecule has 0 aliphatic heterocycles. The summed E-state index contributed by atoms with van der Waals surface area (Å²) >= 11 is 5.96. The van der Waals surface area contributed by atoms with E-state index in [1.54, 1.807) is 13.8 Å². The van der Waals surface area contributed by atoms with Gasteiger partial charge in [-0.2, -0.15) is 0 Å². The molecule has 1 unspecified atom stereocenters. The zero-order valence-corrected chi connectivity index (χ0v) is 12.0. The van der Waals surface area contributed by atoms with E-state index in [0.29, 0.717) is 11.6 Å². The number of carboxylic acid groups (broad SMARTS) is 1. The molecule has 0 bridgehead atoms. The maximum atomic E-state index is 11.1. The van der Waals surface area contributed by atoms with E-state index >= 15 is 0 Å². The van der Waals surface area contributed by atoms with Gasteiger partial charge in [0.1, 0.15) is 0 Å². The monoisotopic (exact) mass is 269 g/mol. The van der Waals surface area contributed by atoms with E-state index in [4.69, 9.17) is 16.7 Å². The third kappa shape index (κ3) is 3.72. The highest BCUT2D eigenvalue weighted by Crippen LogP contribution is 2.25. The van der Waals surface area contributed by atoms with Crippen molar-refractivity contribution in [1.82, 2.24) is 4.90 Å². The third-order valence-corrected chi connectivity index (χ3v) is 3.45. The minimum atomic E-state index is -0.785. The van der Waals surface area contributed by atoms with Crippen molar-refractivity contribution in [1.29, 1.82) is 0 Å². The molecule has 0 aliphatic carbocycles. The van der Waals surface area contributed by atoms with Gasteiger partial charge in [0.2, 0.25) is 0 Å². The first-order valence-corrected chi connectivity index (χ1v) is 6.31. The van der Waals surface area contributed by atoms with Crippen LogP contribution in [0.15, 0.2) is 24.3 Å². The minimum Gasteiger partial charge on any atom is -0.481 e. The van der Waals surface area contributed by atoms with Crippen LogP contribution in [0.2, 0.25) is 5.02 Å². The minimum absolute atomic E-state index is 0.127. The molecule has 3 nitrogen and oxygen atoms in total. The summed E-state index contributed by atoms with van der Waals surface area (Å²) < 4.78 is 0. The van der Waals surface area contributed by atoms with E-state index in [1.165, 1.54) is 0 Å². The lowest BCUT2D eigenvalue weighted by Gasteiger charge is -2.31. The van der Waals surface area contributed by atoms with E-state index in [-0.39, 0.29) is 6.04 Å². The van der Waals surface area contributed by atoms with E-state index in [9.17, 15) is 4.79 Å². The van der Waals surface area contributed by atoms with Crippen LogP contribution in [0.4, 0.5) is 0 Å². The second kappa shape index (κ2) is 5.72. The van der Waals surface area contributed by atoms with E-state index < -0.39 is 11.4 Å². The first-order chi connectivity index (χ1) is 8.24. The van der Waals surface area contributed by atoms with E-state index in [2.05, 4.69) is 0 Å². The highest BCUT2D eigenvalue weighted by molar-refractivity contribution is 6.30. The molecule has 0 saturated carbocycles. The van der Waals surface area contributed by atoms with Gasteiger partial charge >= 0.3 is 5.97 Å². The molecule has 100 valence electrons. The Morgan fingerprint density at radius 1 is 1.50 bits per heavy atom. The Morgan fingerprint density at radius 3 is 2.61 bits per heavy atom. The van der Waals surface area contributed by atoms with Crippen LogP contribution < -0.4 is 0 Å². The Morgan fingerprint density at radius 2 is 2.11 bits per heavy atom. The summed E-state index contributed by atoms with van der Waals surface area (Å²) in [5, 5.41) is 9.84. The fraction of sp³-hybridized carbons (Fsp3) is 0.500. The lowest BCUT2D eigenvalue weighted by atomic mass is 9.92. The van der Waals surface area contributed by atoms with Gasteiger partial charge in [-0.25, -0.2) is 0 Å². The summed E-state index contributed by atoms with van der Waals surface area (Å²) in [5.74, 6) is -0.785. The summed E-state index contributed by atoms with van der Waals surface area (Å²) in [6, 6.07) is 7.78. The maximum Gasteiger partial charge on any atom is 0.310 e. The molecule has 1 aromatic carbocycles. The molecule has 0 spiro atoms. The summed E-state index contributed by atoms with van der Waals surface area (Å²) in [6.45, 7) is 5.99. The van der Waals surface area contributed by atoms with Crippen molar-refractivity contribution in [2.75, 3.05) is 13.6 Å². The van der Waals surface area contributed by atoms with Crippen LogP contribution in [0.3, 0.4) is 0 Å². The highest BCUT2D eigenvalue weighted by Gasteiger charge is 2.30. The van der Waals surface area contributed by atoms with Crippen LogP contribution in [0.25, 0.3) is 0 Å². The number of hydrogen-bond acceptors (Lipinski definition) is 2. The molecule has 0 aliphatic rings. The largest absolute Gasteiger partial charge is 0.481 e. The molecule has 1 aromatic rings. The zero-order chi connectivity index (χ0) is 13.9. The van der Waals surface area contributed by atoms with Gasteiger partial charge in [0.25, 0.3) is 0 Å². The molecule has 1 rings (SSSR count). The van der Waals surface area contributed by atoms with Crippen LogP contribution in [-0.4, -0.2) is 29.6 Å². The third-order valence-electron chi connectivity index (χ3n) is 3.22. The maximum absolute atomic E-state index is 11.1. The number of aliphatic carboxylic acids is 1. The number of carbonyl (C=O) groups is 1. The molecular formula is C14H20ClNO2. The lowest BCUT2D eigenvalue weighted by molar-refractivity contribution is -0.148. The Balaban J connectivity index is 2.79. The number of benzene rings is 1. The summed E-state index contributed by atoms with van der Waals surface area (Å²) in [7, 11) is 1.93. The second-order valence-corrected chi connectivity index (χ2v) is 5.77. The fourth-order valence-electron chi connectivity index (χ4n) is 1.85. The predicted molar refractivity (Wildman–Crippen MR) is 73.9 cm³/mol. The average molecular weight is 270 g/mol. The van der Waals surface area contributed by atoms with E-state index in [0.717, 1.165) is 5.56 Å². The van der Waals surface area contributed by atoms with Gasteiger partial charge in [0.05, 0.1) is 5.41 Å². The van der Waals surface area contributed by atoms with Crippen molar-refractivity contribution in [2.24, 2.45) is 5.41 Å². The van der Waals surface area contributed by atoms with Crippen molar-refractivity contribution in [3.05, 3.63) is 34.9 Å².